The van der Waals surface area contributed by atoms with Gasteiger partial charge in [-0.1, -0.05) is 0 Å². The fourth-order valence-corrected chi connectivity index (χ4v) is 3.36. The maximum atomic E-state index is 11.8. The fraction of sp³-hybridized carbons (Fsp3) is 0.545. The van der Waals surface area contributed by atoms with Crippen molar-refractivity contribution >= 4 is 33.1 Å². The Morgan fingerprint density at radius 1 is 1.40 bits per heavy atom. The van der Waals surface area contributed by atoms with E-state index in [0.29, 0.717) is 5.69 Å². The van der Waals surface area contributed by atoms with Gasteiger partial charge in [-0.3, -0.25) is 0 Å². The highest BCUT2D eigenvalue weighted by Crippen LogP contribution is 2.20. The minimum Gasteiger partial charge on any atom is -0.444 e. The normalized spacial score (nSPS) is 12.2. The van der Waals surface area contributed by atoms with Gasteiger partial charge in [0.2, 0.25) is 10.0 Å². The second-order valence-corrected chi connectivity index (χ2v) is 7.93. The van der Waals surface area contributed by atoms with Crippen molar-refractivity contribution in [1.82, 2.24) is 10.0 Å². The zero-order chi connectivity index (χ0) is 15.4. The summed E-state index contributed by atoms with van der Waals surface area (Å²) >= 11 is 1.04. The molecule has 114 valence electrons. The highest BCUT2D eigenvalue weighted by molar-refractivity contribution is 7.91. The summed E-state index contributed by atoms with van der Waals surface area (Å²) in [5, 5.41) is 4.01. The van der Waals surface area contributed by atoms with Crippen LogP contribution in [0.4, 0.5) is 10.5 Å². The van der Waals surface area contributed by atoms with Crippen molar-refractivity contribution in [2.75, 3.05) is 18.8 Å². The Morgan fingerprint density at radius 3 is 2.55 bits per heavy atom. The van der Waals surface area contributed by atoms with Crippen molar-refractivity contribution in [3.05, 3.63) is 11.4 Å². The summed E-state index contributed by atoms with van der Waals surface area (Å²) < 4.78 is 31.2. The summed E-state index contributed by atoms with van der Waals surface area (Å²) in [6.45, 7) is 5.44. The number of hydrogen-bond donors (Lipinski definition) is 3. The molecule has 0 radical (unpaired) electrons. The van der Waals surface area contributed by atoms with Crippen LogP contribution in [0.2, 0.25) is 0 Å². The second kappa shape index (κ2) is 6.42. The number of nitrogen functional groups attached to an aromatic ring is 1. The van der Waals surface area contributed by atoms with Gasteiger partial charge in [-0.15, -0.1) is 11.3 Å². The molecule has 1 amide bonds. The molecule has 4 N–H and O–H groups in total. The summed E-state index contributed by atoms with van der Waals surface area (Å²) in [5.74, 6) is 0. The third kappa shape index (κ3) is 5.76. The van der Waals surface area contributed by atoms with Crippen LogP contribution in [0.25, 0.3) is 0 Å². The van der Waals surface area contributed by atoms with Crippen LogP contribution < -0.4 is 15.8 Å². The van der Waals surface area contributed by atoms with E-state index in [1.807, 2.05) is 0 Å². The highest BCUT2D eigenvalue weighted by atomic mass is 32.2. The van der Waals surface area contributed by atoms with Crippen LogP contribution in [-0.2, 0) is 14.8 Å². The average Bonchev–Trinajstić information content (AvgIpc) is 2.70. The van der Waals surface area contributed by atoms with Crippen molar-refractivity contribution < 1.29 is 17.9 Å². The standard InChI is InChI=1S/C11H19N3O4S2/c1-11(2,3)18-10(15)13-4-5-14-20(16,17)9-6-8(12)7-19-9/h6-7,14H,4-5,12H2,1-3H3,(H,13,15). The maximum Gasteiger partial charge on any atom is 0.407 e. The third-order valence-corrected chi connectivity index (χ3v) is 4.86. The van der Waals surface area contributed by atoms with Gasteiger partial charge in [-0.2, -0.15) is 0 Å². The number of nitrogens with one attached hydrogen (secondary N) is 2. The molecule has 0 aliphatic heterocycles. The van der Waals surface area contributed by atoms with E-state index in [1.54, 1.807) is 26.2 Å². The molecule has 1 aromatic rings. The van der Waals surface area contributed by atoms with Crippen LogP contribution in [0.5, 0.6) is 0 Å². The molecule has 0 spiro atoms. The number of hydrogen-bond acceptors (Lipinski definition) is 6. The lowest BCUT2D eigenvalue weighted by Crippen LogP contribution is -2.37. The average molecular weight is 321 g/mol. The van der Waals surface area contributed by atoms with E-state index >= 15 is 0 Å². The van der Waals surface area contributed by atoms with Crippen LogP contribution in [0, 0.1) is 0 Å². The van der Waals surface area contributed by atoms with E-state index in [9.17, 15) is 13.2 Å². The lowest BCUT2D eigenvalue weighted by molar-refractivity contribution is 0.0529. The molecule has 0 bridgehead atoms. The molecule has 0 fully saturated rings. The monoisotopic (exact) mass is 321 g/mol. The molecule has 0 saturated carbocycles. The molecule has 1 aromatic heterocycles. The number of thiophene rings is 1. The predicted molar refractivity (Wildman–Crippen MR) is 78.2 cm³/mol. The number of carbonyl (C=O) groups is 1. The van der Waals surface area contributed by atoms with Crippen LogP contribution >= 0.6 is 11.3 Å². The molecule has 0 aliphatic carbocycles. The van der Waals surface area contributed by atoms with Gasteiger partial charge in [0.05, 0.1) is 0 Å². The summed E-state index contributed by atoms with van der Waals surface area (Å²) in [6, 6.07) is 1.38. The van der Waals surface area contributed by atoms with Gasteiger partial charge in [0, 0.05) is 24.2 Å². The Labute approximate surface area is 122 Å². The van der Waals surface area contributed by atoms with Crippen molar-refractivity contribution in [2.24, 2.45) is 0 Å². The van der Waals surface area contributed by atoms with E-state index in [1.165, 1.54) is 6.07 Å². The van der Waals surface area contributed by atoms with Crippen LogP contribution in [-0.4, -0.2) is 33.2 Å². The van der Waals surface area contributed by atoms with E-state index in [0.717, 1.165) is 11.3 Å². The van der Waals surface area contributed by atoms with Gasteiger partial charge >= 0.3 is 6.09 Å². The summed E-state index contributed by atoms with van der Waals surface area (Å²) in [4.78, 5) is 11.3. The number of nitrogens with two attached hydrogens (primary N) is 1. The topological polar surface area (TPSA) is 111 Å². The van der Waals surface area contributed by atoms with Crippen molar-refractivity contribution in [3.8, 4) is 0 Å². The number of amides is 1. The molecular formula is C11H19N3O4S2. The second-order valence-electron chi connectivity index (χ2n) is 5.03. The number of alkyl carbamates (subject to hydrolysis) is 1. The van der Waals surface area contributed by atoms with Crippen LogP contribution in [0.1, 0.15) is 20.8 Å². The SMILES string of the molecule is CC(C)(C)OC(=O)NCCNS(=O)(=O)c1cc(N)cs1. The Bertz CT molecular complexity index is 560. The number of sulfonamides is 1. The molecule has 20 heavy (non-hydrogen) atoms. The first-order valence-electron chi connectivity index (χ1n) is 5.91. The minimum atomic E-state index is -3.58. The number of carbonyl (C=O) groups excluding carboxylic acids is 1. The maximum absolute atomic E-state index is 11.8. The minimum absolute atomic E-state index is 0.0688. The van der Waals surface area contributed by atoms with E-state index in [4.69, 9.17) is 10.5 Å². The number of ether oxygens (including phenoxy) is 1. The fourth-order valence-electron chi connectivity index (χ4n) is 1.21. The third-order valence-electron chi connectivity index (χ3n) is 1.95. The molecular weight excluding hydrogens is 302 g/mol. The first kappa shape index (κ1) is 16.7. The molecule has 1 rings (SSSR count). The molecule has 7 nitrogen and oxygen atoms in total. The first-order chi connectivity index (χ1) is 9.10. The highest BCUT2D eigenvalue weighted by Gasteiger charge is 2.17. The summed E-state index contributed by atoms with van der Waals surface area (Å²) in [7, 11) is -3.58. The van der Waals surface area contributed by atoms with E-state index in [2.05, 4.69) is 10.0 Å². The lowest BCUT2D eigenvalue weighted by atomic mass is 10.2. The van der Waals surface area contributed by atoms with Gasteiger partial charge < -0.3 is 15.8 Å². The van der Waals surface area contributed by atoms with E-state index in [-0.39, 0.29) is 17.3 Å². The van der Waals surface area contributed by atoms with Gasteiger partial charge in [-0.05, 0) is 26.8 Å². The molecule has 0 unspecified atom stereocenters. The van der Waals surface area contributed by atoms with Gasteiger partial charge in [0.1, 0.15) is 9.81 Å². The van der Waals surface area contributed by atoms with Crippen LogP contribution in [0.3, 0.4) is 0 Å². The molecule has 0 aliphatic rings. The van der Waals surface area contributed by atoms with Crippen LogP contribution in [0.15, 0.2) is 15.7 Å². The zero-order valence-corrected chi connectivity index (χ0v) is 13.2. The molecule has 1 heterocycles. The summed E-state index contributed by atoms with van der Waals surface area (Å²) in [5.41, 5.74) is 5.29. The van der Waals surface area contributed by atoms with Crippen molar-refractivity contribution in [2.45, 2.75) is 30.6 Å². The van der Waals surface area contributed by atoms with Crippen molar-refractivity contribution in [3.63, 3.8) is 0 Å². The number of rotatable bonds is 5. The van der Waals surface area contributed by atoms with Gasteiger partial charge in [0.25, 0.3) is 0 Å². The molecule has 0 atom stereocenters. The lowest BCUT2D eigenvalue weighted by Gasteiger charge is -2.19. The zero-order valence-electron chi connectivity index (χ0n) is 11.6. The van der Waals surface area contributed by atoms with E-state index < -0.39 is 21.7 Å². The Balaban J connectivity index is 2.36. The van der Waals surface area contributed by atoms with Crippen molar-refractivity contribution in [1.29, 1.82) is 0 Å². The quantitative estimate of drug-likeness (QED) is 0.704. The Kier molecular flexibility index (Phi) is 5.37. The van der Waals surface area contributed by atoms with Gasteiger partial charge in [-0.25, -0.2) is 17.9 Å². The van der Waals surface area contributed by atoms with Gasteiger partial charge in [0.15, 0.2) is 0 Å². The number of anilines is 1. The molecule has 0 saturated heterocycles. The Hall–Kier alpha value is -1.32. The predicted octanol–water partition coefficient (Wildman–Crippen LogP) is 1.13. The molecule has 9 heteroatoms. The Morgan fingerprint density at radius 2 is 2.05 bits per heavy atom. The smallest absolute Gasteiger partial charge is 0.407 e. The summed E-state index contributed by atoms with van der Waals surface area (Å²) in [6.07, 6.45) is -0.586. The first-order valence-corrected chi connectivity index (χ1v) is 8.27. The largest absolute Gasteiger partial charge is 0.444 e. The molecule has 0 aromatic carbocycles.